The Morgan fingerprint density at radius 1 is 1.11 bits per heavy atom. The molecule has 1 N–H and O–H groups in total. The van der Waals surface area contributed by atoms with E-state index in [2.05, 4.69) is 59.9 Å². The first-order valence-corrected chi connectivity index (χ1v) is 12.0. The maximum absolute atomic E-state index is 11.3. The second-order valence-corrected chi connectivity index (χ2v) is 9.08. The Labute approximate surface area is 177 Å². The molecule has 28 heavy (non-hydrogen) atoms. The molecule has 2 aromatic carbocycles. The number of rotatable bonds is 7. The zero-order chi connectivity index (χ0) is 20.0. The van der Waals surface area contributed by atoms with Gasteiger partial charge in [0, 0.05) is 29.4 Å². The molecule has 5 heteroatoms. The van der Waals surface area contributed by atoms with E-state index in [0.29, 0.717) is 0 Å². The molecule has 0 radical (unpaired) electrons. The van der Waals surface area contributed by atoms with Crippen molar-refractivity contribution in [3.8, 4) is 5.75 Å². The molecule has 1 heterocycles. The Kier molecular flexibility index (Phi) is 7.52. The molecule has 1 aliphatic heterocycles. The van der Waals surface area contributed by atoms with Crippen LogP contribution in [-0.2, 0) is 12.1 Å². The Hall–Kier alpha value is -1.40. The van der Waals surface area contributed by atoms with E-state index in [0.717, 1.165) is 49.4 Å². The number of piperidine rings is 1. The highest BCUT2D eigenvalue weighted by Crippen LogP contribution is 2.37. The molecule has 0 aliphatic carbocycles. The summed E-state index contributed by atoms with van der Waals surface area (Å²) in [6.07, 6.45) is 7.77. The van der Waals surface area contributed by atoms with Crippen LogP contribution in [0, 0.1) is 0 Å². The molecule has 3 nitrogen and oxygen atoms in total. The lowest BCUT2D eigenvalue weighted by Gasteiger charge is -2.38. The summed E-state index contributed by atoms with van der Waals surface area (Å²) >= 11 is 3.46. The minimum atomic E-state index is -0.787. The number of nitrogens with zero attached hydrogens (tertiary/aromatic N) is 1. The lowest BCUT2D eigenvalue weighted by Crippen LogP contribution is -2.42. The van der Waals surface area contributed by atoms with Crippen molar-refractivity contribution in [3.05, 3.63) is 69.5 Å². The van der Waals surface area contributed by atoms with Gasteiger partial charge in [-0.2, -0.15) is 0 Å². The van der Waals surface area contributed by atoms with Gasteiger partial charge in [-0.25, -0.2) is 0 Å². The van der Waals surface area contributed by atoms with Crippen LogP contribution in [0.1, 0.15) is 29.5 Å². The normalized spacial score (nSPS) is 16.6. The van der Waals surface area contributed by atoms with E-state index in [1.807, 2.05) is 12.1 Å². The third kappa shape index (κ3) is 5.15. The van der Waals surface area contributed by atoms with Gasteiger partial charge in [-0.1, -0.05) is 42.5 Å². The van der Waals surface area contributed by atoms with Crippen molar-refractivity contribution in [2.45, 2.75) is 25.0 Å². The van der Waals surface area contributed by atoms with Gasteiger partial charge in [0.25, 0.3) is 0 Å². The lowest BCUT2D eigenvalue weighted by molar-refractivity contribution is -0.0278. The van der Waals surface area contributed by atoms with Gasteiger partial charge in [-0.15, -0.1) is 23.5 Å². The first-order chi connectivity index (χ1) is 13.6. The highest BCUT2D eigenvalue weighted by Gasteiger charge is 2.34. The summed E-state index contributed by atoms with van der Waals surface area (Å²) < 4.78 is 6.86. The van der Waals surface area contributed by atoms with Gasteiger partial charge in [0.2, 0.25) is 0 Å². The summed E-state index contributed by atoms with van der Waals surface area (Å²) in [7, 11) is 1.70. The van der Waals surface area contributed by atoms with Crippen LogP contribution in [-0.4, -0.2) is 42.7 Å². The highest BCUT2D eigenvalue weighted by atomic mass is 32.2. The topological polar surface area (TPSA) is 32.7 Å². The number of ether oxygens (including phenoxy) is 1. The van der Waals surface area contributed by atoms with Crippen LogP contribution in [0.15, 0.2) is 52.8 Å². The number of hydrogen-bond donors (Lipinski definition) is 1. The van der Waals surface area contributed by atoms with Crippen LogP contribution >= 0.6 is 23.5 Å². The molecule has 0 unspecified atom stereocenters. The number of likely N-dealkylation sites (tertiary alicyclic amines) is 1. The number of aliphatic hydroxyl groups is 1. The molecule has 1 fully saturated rings. The third-order valence-corrected chi connectivity index (χ3v) is 7.42. The molecular formula is C23H29NO2S2. The number of thioether (sulfide) groups is 2. The van der Waals surface area contributed by atoms with Gasteiger partial charge in [-0.05, 0) is 48.6 Å². The van der Waals surface area contributed by atoms with E-state index in [1.165, 1.54) is 9.80 Å². The Balaban J connectivity index is 1.72. The predicted octanol–water partition coefficient (Wildman–Crippen LogP) is 5.20. The van der Waals surface area contributed by atoms with Crippen LogP contribution in [0.4, 0.5) is 0 Å². The van der Waals surface area contributed by atoms with Gasteiger partial charge in [0.15, 0.2) is 0 Å². The molecule has 0 spiro atoms. The average molecular weight is 416 g/mol. The van der Waals surface area contributed by atoms with Crippen molar-refractivity contribution in [3.63, 3.8) is 0 Å². The first-order valence-electron chi connectivity index (χ1n) is 9.55. The molecule has 150 valence electrons. The lowest BCUT2D eigenvalue weighted by atomic mass is 9.83. The predicted molar refractivity (Wildman–Crippen MR) is 123 cm³/mol. The summed E-state index contributed by atoms with van der Waals surface area (Å²) in [6, 6.07) is 16.7. The Morgan fingerprint density at radius 2 is 1.79 bits per heavy atom. The summed E-state index contributed by atoms with van der Waals surface area (Å²) in [5.41, 5.74) is 2.54. The fourth-order valence-electron chi connectivity index (χ4n) is 3.66. The molecule has 0 amide bonds. The van der Waals surface area contributed by atoms with Crippen LogP contribution in [0.3, 0.4) is 0 Å². The van der Waals surface area contributed by atoms with E-state index in [-0.39, 0.29) is 0 Å². The van der Waals surface area contributed by atoms with Crippen molar-refractivity contribution in [1.82, 2.24) is 4.90 Å². The minimum absolute atomic E-state index is 0.735. The van der Waals surface area contributed by atoms with Crippen molar-refractivity contribution in [2.24, 2.45) is 0 Å². The van der Waals surface area contributed by atoms with E-state index < -0.39 is 5.60 Å². The zero-order valence-corrected chi connectivity index (χ0v) is 18.5. The summed E-state index contributed by atoms with van der Waals surface area (Å²) in [4.78, 5) is 2.42. The van der Waals surface area contributed by atoms with Gasteiger partial charge >= 0.3 is 0 Å². The van der Waals surface area contributed by atoms with Gasteiger partial charge in [0.05, 0.1) is 12.7 Å². The number of hydrogen-bond acceptors (Lipinski definition) is 5. The van der Waals surface area contributed by atoms with E-state index in [9.17, 15) is 5.11 Å². The van der Waals surface area contributed by atoms with Gasteiger partial charge < -0.3 is 9.84 Å². The van der Waals surface area contributed by atoms with Crippen LogP contribution in [0.5, 0.6) is 5.75 Å². The monoisotopic (exact) mass is 415 g/mol. The second-order valence-electron chi connectivity index (χ2n) is 7.12. The molecule has 1 saturated heterocycles. The quantitative estimate of drug-likeness (QED) is 0.672. The first kappa shape index (κ1) is 21.3. The minimum Gasteiger partial charge on any atom is -0.496 e. The molecular weight excluding hydrogens is 386 g/mol. The van der Waals surface area contributed by atoms with Crippen LogP contribution in [0.25, 0.3) is 6.08 Å². The third-order valence-electron chi connectivity index (χ3n) is 5.38. The van der Waals surface area contributed by atoms with Crippen molar-refractivity contribution in [2.75, 3.05) is 32.7 Å². The second kappa shape index (κ2) is 9.88. The van der Waals surface area contributed by atoms with Crippen molar-refractivity contribution in [1.29, 1.82) is 0 Å². The highest BCUT2D eigenvalue weighted by molar-refractivity contribution is 8.21. The fraction of sp³-hybridized carbons (Fsp3) is 0.391. The fourth-order valence-corrected chi connectivity index (χ4v) is 4.82. The zero-order valence-electron chi connectivity index (χ0n) is 16.9. The molecule has 2 aromatic rings. The van der Waals surface area contributed by atoms with E-state index in [1.54, 1.807) is 30.6 Å². The largest absolute Gasteiger partial charge is 0.496 e. The Morgan fingerprint density at radius 3 is 2.39 bits per heavy atom. The standard InChI is InChI=1S/C23H29NO2S2/c1-26-21-16-20(10-9-19(21)15-22(27-2)28-3)23(25)11-13-24(14-12-23)17-18-7-5-4-6-8-18/h4-10,15-16,25H,11-14,17H2,1-3H3. The van der Waals surface area contributed by atoms with Gasteiger partial charge in [0.1, 0.15) is 5.75 Å². The van der Waals surface area contributed by atoms with Gasteiger partial charge in [-0.3, -0.25) is 4.90 Å². The molecule has 0 bridgehead atoms. The summed E-state index contributed by atoms with van der Waals surface area (Å²) in [5, 5.41) is 11.3. The van der Waals surface area contributed by atoms with Crippen LogP contribution in [0.2, 0.25) is 0 Å². The molecule has 0 aromatic heterocycles. The molecule has 3 rings (SSSR count). The van der Waals surface area contributed by atoms with E-state index >= 15 is 0 Å². The summed E-state index contributed by atoms with van der Waals surface area (Å²) in [5.74, 6) is 0.818. The average Bonchev–Trinajstić information content (AvgIpc) is 2.74. The maximum Gasteiger partial charge on any atom is 0.126 e. The molecule has 0 atom stereocenters. The number of benzene rings is 2. The Bertz CT molecular complexity index is 794. The maximum atomic E-state index is 11.3. The SMILES string of the molecule is COc1cc(C2(O)CCN(Cc3ccccc3)CC2)ccc1C=C(SC)SC. The molecule has 0 saturated carbocycles. The van der Waals surface area contributed by atoms with Crippen molar-refractivity contribution >= 4 is 29.6 Å². The van der Waals surface area contributed by atoms with E-state index in [4.69, 9.17) is 4.74 Å². The molecule has 1 aliphatic rings. The van der Waals surface area contributed by atoms with Crippen LogP contribution < -0.4 is 4.74 Å². The summed E-state index contributed by atoms with van der Waals surface area (Å²) in [6.45, 7) is 2.72. The van der Waals surface area contributed by atoms with Crippen molar-refractivity contribution < 1.29 is 9.84 Å². The smallest absolute Gasteiger partial charge is 0.126 e. The number of methoxy groups -OCH3 is 1.